The minimum atomic E-state index is -3.60. The number of ether oxygens (including phenoxy) is 3. The predicted molar refractivity (Wildman–Crippen MR) is 122 cm³/mol. The highest BCUT2D eigenvalue weighted by atomic mass is 32.2. The molecule has 10 heteroatoms. The van der Waals surface area contributed by atoms with E-state index in [0.29, 0.717) is 45.0 Å². The zero-order valence-electron chi connectivity index (χ0n) is 18.5. The molecule has 0 atom stereocenters. The number of anilines is 1. The lowest BCUT2D eigenvalue weighted by Gasteiger charge is -2.26. The van der Waals surface area contributed by atoms with Gasteiger partial charge < -0.3 is 19.5 Å². The SMILES string of the molecule is Cc1cccc(OCCCC(=O)OCC(=O)Nc2ccc(S(=O)(=O)N3CCOCC3)cc2)c1. The Morgan fingerprint density at radius 2 is 1.82 bits per heavy atom. The minimum Gasteiger partial charge on any atom is -0.494 e. The van der Waals surface area contributed by atoms with Crippen molar-refractivity contribution in [3.05, 3.63) is 54.1 Å². The van der Waals surface area contributed by atoms with Crippen molar-refractivity contribution in [2.24, 2.45) is 0 Å². The first-order valence-electron chi connectivity index (χ1n) is 10.7. The van der Waals surface area contributed by atoms with E-state index in [1.165, 1.54) is 28.6 Å². The molecule has 9 nitrogen and oxygen atoms in total. The predicted octanol–water partition coefficient (Wildman–Crippen LogP) is 2.36. The van der Waals surface area contributed by atoms with E-state index in [0.717, 1.165) is 11.3 Å². The van der Waals surface area contributed by atoms with Crippen LogP contribution in [0.1, 0.15) is 18.4 Å². The summed E-state index contributed by atoms with van der Waals surface area (Å²) in [5.41, 5.74) is 1.50. The first kappa shape index (κ1) is 24.7. The number of hydrogen-bond donors (Lipinski definition) is 1. The van der Waals surface area contributed by atoms with E-state index in [1.807, 2.05) is 31.2 Å². The average molecular weight is 477 g/mol. The summed E-state index contributed by atoms with van der Waals surface area (Å²) in [6.45, 7) is 3.26. The van der Waals surface area contributed by atoms with Crippen molar-refractivity contribution in [1.29, 1.82) is 0 Å². The highest BCUT2D eigenvalue weighted by molar-refractivity contribution is 7.89. The minimum absolute atomic E-state index is 0.132. The van der Waals surface area contributed by atoms with Crippen LogP contribution in [0, 0.1) is 6.92 Å². The van der Waals surface area contributed by atoms with Crippen LogP contribution in [-0.4, -0.2) is 64.1 Å². The Morgan fingerprint density at radius 3 is 2.52 bits per heavy atom. The van der Waals surface area contributed by atoms with Crippen LogP contribution in [0.15, 0.2) is 53.4 Å². The molecule has 1 amide bonds. The second-order valence-electron chi connectivity index (χ2n) is 7.52. The normalized spacial score (nSPS) is 14.5. The molecule has 0 radical (unpaired) electrons. The van der Waals surface area contributed by atoms with Gasteiger partial charge in [-0.05, 0) is 55.3 Å². The molecule has 1 fully saturated rings. The number of morpholine rings is 1. The second kappa shape index (κ2) is 11.8. The number of carbonyl (C=O) groups is 2. The molecule has 0 aromatic heterocycles. The van der Waals surface area contributed by atoms with Gasteiger partial charge in [-0.15, -0.1) is 0 Å². The summed E-state index contributed by atoms with van der Waals surface area (Å²) >= 11 is 0. The molecule has 33 heavy (non-hydrogen) atoms. The van der Waals surface area contributed by atoms with Crippen molar-refractivity contribution in [2.75, 3.05) is 44.8 Å². The van der Waals surface area contributed by atoms with Crippen molar-refractivity contribution < 1.29 is 32.2 Å². The molecular weight excluding hydrogens is 448 g/mol. The summed E-state index contributed by atoms with van der Waals surface area (Å²) < 4.78 is 42.4. The number of nitrogens with one attached hydrogen (secondary N) is 1. The number of hydrogen-bond acceptors (Lipinski definition) is 7. The van der Waals surface area contributed by atoms with Crippen LogP contribution < -0.4 is 10.1 Å². The Morgan fingerprint density at radius 1 is 1.09 bits per heavy atom. The first-order valence-corrected chi connectivity index (χ1v) is 12.1. The van der Waals surface area contributed by atoms with Gasteiger partial charge in [0.15, 0.2) is 6.61 Å². The molecule has 0 aliphatic carbocycles. The van der Waals surface area contributed by atoms with Crippen LogP contribution in [0.5, 0.6) is 5.75 Å². The maximum atomic E-state index is 12.6. The summed E-state index contributed by atoms with van der Waals surface area (Å²) in [5, 5.41) is 2.58. The van der Waals surface area contributed by atoms with Gasteiger partial charge in [0.2, 0.25) is 10.0 Å². The standard InChI is InChI=1S/C23H28N2O7S/c1-18-4-2-5-20(16-18)31-13-3-6-23(27)32-17-22(26)24-19-7-9-21(10-8-19)33(28,29)25-11-14-30-15-12-25/h2,4-5,7-10,16H,3,6,11-15,17H2,1H3,(H,24,26). The Balaban J connectivity index is 1.37. The van der Waals surface area contributed by atoms with Crippen LogP contribution in [0.25, 0.3) is 0 Å². The summed E-state index contributed by atoms with van der Waals surface area (Å²) in [7, 11) is -3.60. The summed E-state index contributed by atoms with van der Waals surface area (Å²) in [4.78, 5) is 24.0. The molecule has 1 saturated heterocycles. The average Bonchev–Trinajstić information content (AvgIpc) is 2.81. The van der Waals surface area contributed by atoms with Gasteiger partial charge in [0.1, 0.15) is 5.75 Å². The van der Waals surface area contributed by atoms with Crippen LogP contribution in [0.4, 0.5) is 5.69 Å². The van der Waals surface area contributed by atoms with Gasteiger partial charge in [0.25, 0.3) is 5.91 Å². The highest BCUT2D eigenvalue weighted by Crippen LogP contribution is 2.19. The van der Waals surface area contributed by atoms with Gasteiger partial charge in [-0.2, -0.15) is 4.31 Å². The molecule has 0 spiro atoms. The fourth-order valence-corrected chi connectivity index (χ4v) is 4.58. The molecule has 1 aliphatic heterocycles. The number of nitrogens with zero attached hydrogens (tertiary/aromatic N) is 1. The molecule has 2 aromatic carbocycles. The highest BCUT2D eigenvalue weighted by Gasteiger charge is 2.26. The summed E-state index contributed by atoms with van der Waals surface area (Å²) in [5.74, 6) is -0.264. The molecule has 178 valence electrons. The fourth-order valence-electron chi connectivity index (χ4n) is 3.17. The largest absolute Gasteiger partial charge is 0.494 e. The number of amides is 1. The smallest absolute Gasteiger partial charge is 0.306 e. The Hall–Kier alpha value is -2.95. The number of rotatable bonds is 10. The number of benzene rings is 2. The molecule has 1 aliphatic rings. The Labute approximate surface area is 193 Å². The van der Waals surface area contributed by atoms with Gasteiger partial charge in [0, 0.05) is 25.2 Å². The molecule has 2 aromatic rings. The fraction of sp³-hybridized carbons (Fsp3) is 0.391. The lowest BCUT2D eigenvalue weighted by atomic mass is 10.2. The van der Waals surface area contributed by atoms with Crippen molar-refractivity contribution in [2.45, 2.75) is 24.7 Å². The maximum absolute atomic E-state index is 12.6. The lowest BCUT2D eigenvalue weighted by Crippen LogP contribution is -2.40. The van der Waals surface area contributed by atoms with E-state index in [9.17, 15) is 18.0 Å². The van der Waals surface area contributed by atoms with Crippen molar-refractivity contribution in [3.63, 3.8) is 0 Å². The van der Waals surface area contributed by atoms with Crippen LogP contribution in [0.3, 0.4) is 0 Å². The zero-order valence-corrected chi connectivity index (χ0v) is 19.3. The number of sulfonamides is 1. The van der Waals surface area contributed by atoms with Crippen LogP contribution >= 0.6 is 0 Å². The van der Waals surface area contributed by atoms with Gasteiger partial charge in [-0.1, -0.05) is 12.1 Å². The molecule has 1 heterocycles. The summed E-state index contributed by atoms with van der Waals surface area (Å²) in [6, 6.07) is 13.5. The maximum Gasteiger partial charge on any atom is 0.306 e. The Bertz CT molecular complexity index is 1050. The Kier molecular flexibility index (Phi) is 8.81. The van der Waals surface area contributed by atoms with Crippen molar-refractivity contribution >= 4 is 27.6 Å². The number of aryl methyl sites for hydroxylation is 1. The zero-order chi connectivity index (χ0) is 23.7. The van der Waals surface area contributed by atoms with E-state index in [4.69, 9.17) is 14.2 Å². The molecule has 0 bridgehead atoms. The third-order valence-electron chi connectivity index (χ3n) is 4.89. The molecule has 0 unspecified atom stereocenters. The van der Waals surface area contributed by atoms with Gasteiger partial charge >= 0.3 is 5.97 Å². The molecular formula is C23H28N2O7S. The van der Waals surface area contributed by atoms with Gasteiger partial charge in [-0.25, -0.2) is 8.42 Å². The quantitative estimate of drug-likeness (QED) is 0.414. The van der Waals surface area contributed by atoms with E-state index in [2.05, 4.69) is 5.32 Å². The lowest BCUT2D eigenvalue weighted by molar-refractivity contribution is -0.147. The first-order chi connectivity index (χ1) is 15.8. The molecule has 1 N–H and O–H groups in total. The monoisotopic (exact) mass is 476 g/mol. The number of esters is 1. The topological polar surface area (TPSA) is 111 Å². The van der Waals surface area contributed by atoms with E-state index < -0.39 is 28.5 Å². The number of carbonyl (C=O) groups excluding carboxylic acids is 2. The van der Waals surface area contributed by atoms with Crippen molar-refractivity contribution in [3.8, 4) is 5.75 Å². The van der Waals surface area contributed by atoms with Gasteiger partial charge in [0.05, 0.1) is 24.7 Å². The van der Waals surface area contributed by atoms with Crippen LogP contribution in [0.2, 0.25) is 0 Å². The third-order valence-corrected chi connectivity index (χ3v) is 6.81. The third kappa shape index (κ3) is 7.55. The van der Waals surface area contributed by atoms with Gasteiger partial charge in [-0.3, -0.25) is 9.59 Å². The summed E-state index contributed by atoms with van der Waals surface area (Å²) in [6.07, 6.45) is 0.598. The molecule has 0 saturated carbocycles. The van der Waals surface area contributed by atoms with E-state index in [1.54, 1.807) is 0 Å². The van der Waals surface area contributed by atoms with Crippen molar-refractivity contribution in [1.82, 2.24) is 4.31 Å². The van der Waals surface area contributed by atoms with E-state index in [-0.39, 0.29) is 11.3 Å². The van der Waals surface area contributed by atoms with E-state index >= 15 is 0 Å². The second-order valence-corrected chi connectivity index (χ2v) is 9.46. The van der Waals surface area contributed by atoms with Crippen LogP contribution in [-0.2, 0) is 29.1 Å². The molecule has 3 rings (SSSR count).